The molecule has 1 heterocycles. The predicted octanol–water partition coefficient (Wildman–Crippen LogP) is 4.58. The molecule has 0 spiro atoms. The van der Waals surface area contributed by atoms with Crippen molar-refractivity contribution in [2.45, 2.75) is 29.9 Å². The first-order chi connectivity index (χ1) is 13.2. The van der Waals surface area contributed by atoms with Crippen molar-refractivity contribution in [3.8, 4) is 0 Å². The van der Waals surface area contributed by atoms with Crippen LogP contribution in [0.15, 0.2) is 53.6 Å². The second-order valence-corrected chi connectivity index (χ2v) is 7.30. The molecule has 1 aromatic heterocycles. The summed E-state index contributed by atoms with van der Waals surface area (Å²) in [5.41, 5.74) is 0.866. The lowest BCUT2D eigenvalue weighted by Crippen LogP contribution is -2.30. The summed E-state index contributed by atoms with van der Waals surface area (Å²) < 4.78 is 52.2. The average Bonchev–Trinajstić information content (AvgIpc) is 2.66. The van der Waals surface area contributed by atoms with E-state index < -0.39 is 17.3 Å². The topological polar surface area (TPSA) is 54.9 Å². The number of hydrogen-bond donors (Lipinski definition) is 1. The number of thioether (sulfide) groups is 1. The van der Waals surface area contributed by atoms with E-state index in [1.165, 1.54) is 18.2 Å². The zero-order chi connectivity index (χ0) is 20.3. The molecule has 0 fully saturated rings. The number of hydrogen-bond acceptors (Lipinski definition) is 4. The molecule has 0 saturated carbocycles. The minimum Gasteiger partial charge on any atom is -0.351 e. The Morgan fingerprint density at radius 2 is 1.79 bits per heavy atom. The first-order valence-electron chi connectivity index (χ1n) is 8.27. The molecule has 3 rings (SSSR count). The van der Waals surface area contributed by atoms with Crippen LogP contribution in [0, 0.1) is 5.82 Å². The summed E-state index contributed by atoms with van der Waals surface area (Å²) in [5, 5.41) is 2.52. The lowest BCUT2D eigenvalue weighted by Gasteiger charge is -2.14. The molecule has 1 atom stereocenters. The van der Waals surface area contributed by atoms with Gasteiger partial charge in [-0.05, 0) is 30.7 Å². The molecule has 0 bridgehead atoms. The van der Waals surface area contributed by atoms with Crippen LogP contribution in [-0.4, -0.2) is 21.1 Å². The van der Waals surface area contributed by atoms with Gasteiger partial charge in [0, 0.05) is 11.9 Å². The molecule has 9 heteroatoms. The first-order valence-corrected chi connectivity index (χ1v) is 9.15. The van der Waals surface area contributed by atoms with Gasteiger partial charge in [-0.2, -0.15) is 13.2 Å². The van der Waals surface area contributed by atoms with Gasteiger partial charge in [-0.3, -0.25) is 4.79 Å². The van der Waals surface area contributed by atoms with E-state index >= 15 is 0 Å². The summed E-state index contributed by atoms with van der Waals surface area (Å²) in [6.07, 6.45) is -4.69. The molecule has 0 unspecified atom stereocenters. The summed E-state index contributed by atoms with van der Waals surface area (Å²) >= 11 is 0.926. The summed E-state index contributed by atoms with van der Waals surface area (Å²) in [6, 6.07) is 12.0. The zero-order valence-corrected chi connectivity index (χ0v) is 15.4. The van der Waals surface area contributed by atoms with Crippen LogP contribution in [0.3, 0.4) is 0 Å². The van der Waals surface area contributed by atoms with Crippen LogP contribution in [-0.2, 0) is 17.5 Å². The van der Waals surface area contributed by atoms with Crippen LogP contribution in [0.4, 0.5) is 17.6 Å². The second-order valence-electron chi connectivity index (χ2n) is 5.97. The summed E-state index contributed by atoms with van der Waals surface area (Å²) in [5.74, 6) is -1.99. The van der Waals surface area contributed by atoms with Crippen molar-refractivity contribution in [1.29, 1.82) is 0 Å². The molecular weight excluding hydrogens is 394 g/mol. The Balaban J connectivity index is 1.77. The highest BCUT2D eigenvalue weighted by molar-refractivity contribution is 8.00. The molecule has 0 aliphatic carbocycles. The number of para-hydroxylation sites is 1. The van der Waals surface area contributed by atoms with Crippen LogP contribution in [0.2, 0.25) is 0 Å². The maximum atomic E-state index is 13.1. The smallest absolute Gasteiger partial charge is 0.351 e. The van der Waals surface area contributed by atoms with E-state index in [2.05, 4.69) is 15.3 Å². The Bertz CT molecular complexity index is 993. The van der Waals surface area contributed by atoms with Crippen molar-refractivity contribution >= 4 is 28.6 Å². The maximum Gasteiger partial charge on any atom is 0.451 e. The number of fused-ring (bicyclic) bond motifs is 1. The first kappa shape index (κ1) is 20.1. The molecule has 28 heavy (non-hydrogen) atoms. The fourth-order valence-corrected chi connectivity index (χ4v) is 3.38. The van der Waals surface area contributed by atoms with E-state index in [0.717, 1.165) is 11.8 Å². The van der Waals surface area contributed by atoms with Gasteiger partial charge in [0.2, 0.25) is 11.7 Å². The third kappa shape index (κ3) is 4.78. The lowest BCUT2D eigenvalue weighted by atomic mass is 10.2. The fraction of sp³-hybridized carbons (Fsp3) is 0.211. The molecule has 2 aromatic carbocycles. The molecule has 4 nitrogen and oxygen atoms in total. The standard InChI is InChI=1S/C19H15F4N3OS/c1-11(16(27)24-10-12-6-8-13(20)9-7-12)28-17-14-4-2-3-5-15(14)25-18(26-17)19(21,22)23/h2-9,11H,10H2,1H3,(H,24,27)/t11-/m1/s1. The van der Waals surface area contributed by atoms with E-state index in [-0.39, 0.29) is 28.8 Å². The van der Waals surface area contributed by atoms with E-state index in [4.69, 9.17) is 0 Å². The van der Waals surface area contributed by atoms with E-state index in [0.29, 0.717) is 10.9 Å². The summed E-state index contributed by atoms with van der Waals surface area (Å²) in [4.78, 5) is 19.5. The monoisotopic (exact) mass is 409 g/mol. The van der Waals surface area contributed by atoms with Crippen molar-refractivity contribution in [1.82, 2.24) is 15.3 Å². The van der Waals surface area contributed by atoms with E-state index in [1.54, 1.807) is 37.3 Å². The Kier molecular flexibility index (Phi) is 5.83. The van der Waals surface area contributed by atoms with Gasteiger partial charge in [0.05, 0.1) is 10.8 Å². The molecule has 0 aliphatic rings. The third-order valence-electron chi connectivity index (χ3n) is 3.86. The van der Waals surface area contributed by atoms with Gasteiger partial charge in [-0.25, -0.2) is 14.4 Å². The molecule has 0 radical (unpaired) electrons. The number of halogens is 4. The van der Waals surface area contributed by atoms with Gasteiger partial charge in [-0.15, -0.1) is 0 Å². The van der Waals surface area contributed by atoms with E-state index in [1.807, 2.05) is 0 Å². The highest BCUT2D eigenvalue weighted by Crippen LogP contribution is 2.33. The van der Waals surface area contributed by atoms with Crippen molar-refractivity contribution in [3.05, 3.63) is 65.7 Å². The molecule has 1 amide bonds. The van der Waals surface area contributed by atoms with Gasteiger partial charge in [0.15, 0.2) is 0 Å². The maximum absolute atomic E-state index is 13.1. The van der Waals surface area contributed by atoms with Gasteiger partial charge < -0.3 is 5.32 Å². The molecule has 0 aliphatic heterocycles. The number of nitrogens with one attached hydrogen (secondary N) is 1. The van der Waals surface area contributed by atoms with Crippen LogP contribution >= 0.6 is 11.8 Å². The molecule has 3 aromatic rings. The van der Waals surface area contributed by atoms with Gasteiger partial charge >= 0.3 is 6.18 Å². The SMILES string of the molecule is C[C@@H](Sc1nc(C(F)(F)F)nc2ccccc12)C(=O)NCc1ccc(F)cc1. The number of benzene rings is 2. The number of aromatic nitrogens is 2. The normalized spacial score (nSPS) is 12.8. The Hall–Kier alpha value is -2.68. The van der Waals surface area contributed by atoms with Crippen molar-refractivity contribution in [2.75, 3.05) is 0 Å². The second kappa shape index (κ2) is 8.14. The van der Waals surface area contributed by atoms with Crippen LogP contribution < -0.4 is 5.32 Å². The Morgan fingerprint density at radius 1 is 1.11 bits per heavy atom. The molecule has 146 valence electrons. The minimum atomic E-state index is -4.69. The predicted molar refractivity (Wildman–Crippen MR) is 98.1 cm³/mol. The van der Waals surface area contributed by atoms with Crippen molar-refractivity contribution < 1.29 is 22.4 Å². The fourth-order valence-electron chi connectivity index (χ4n) is 2.42. The quantitative estimate of drug-likeness (QED) is 0.381. The van der Waals surface area contributed by atoms with Crippen LogP contribution in [0.25, 0.3) is 10.9 Å². The van der Waals surface area contributed by atoms with E-state index in [9.17, 15) is 22.4 Å². The number of nitrogens with zero attached hydrogens (tertiary/aromatic N) is 2. The number of carbonyl (C=O) groups is 1. The molecule has 0 saturated heterocycles. The number of rotatable bonds is 5. The summed E-state index contributed by atoms with van der Waals surface area (Å²) in [6.45, 7) is 1.76. The number of amides is 1. The van der Waals surface area contributed by atoms with Gasteiger partial charge in [-0.1, -0.05) is 42.1 Å². The minimum absolute atomic E-state index is 0.0855. The highest BCUT2D eigenvalue weighted by Gasteiger charge is 2.35. The lowest BCUT2D eigenvalue weighted by molar-refractivity contribution is -0.145. The Labute approximate surface area is 162 Å². The largest absolute Gasteiger partial charge is 0.451 e. The highest BCUT2D eigenvalue weighted by atomic mass is 32.2. The van der Waals surface area contributed by atoms with Gasteiger partial charge in [0.25, 0.3) is 0 Å². The zero-order valence-electron chi connectivity index (χ0n) is 14.6. The molecular formula is C19H15F4N3OS. The number of alkyl halides is 3. The number of carbonyl (C=O) groups excluding carboxylic acids is 1. The van der Waals surface area contributed by atoms with Crippen LogP contribution in [0.1, 0.15) is 18.3 Å². The molecule has 1 N–H and O–H groups in total. The Morgan fingerprint density at radius 3 is 2.46 bits per heavy atom. The van der Waals surface area contributed by atoms with Crippen LogP contribution in [0.5, 0.6) is 0 Å². The van der Waals surface area contributed by atoms with Crippen molar-refractivity contribution in [3.63, 3.8) is 0 Å². The van der Waals surface area contributed by atoms with Gasteiger partial charge in [0.1, 0.15) is 10.8 Å². The average molecular weight is 409 g/mol. The third-order valence-corrected chi connectivity index (χ3v) is 4.96. The summed E-state index contributed by atoms with van der Waals surface area (Å²) in [7, 11) is 0. The van der Waals surface area contributed by atoms with Crippen molar-refractivity contribution in [2.24, 2.45) is 0 Å².